The average Bonchev–Trinajstić information content (AvgIpc) is 3.12. The number of hydrogen-bond acceptors (Lipinski definition) is 3. The van der Waals surface area contributed by atoms with Crippen LogP contribution in [0.15, 0.2) is 30.6 Å². The third-order valence-electron chi connectivity index (χ3n) is 4.05. The molecule has 24 heavy (non-hydrogen) atoms. The van der Waals surface area contributed by atoms with Crippen LogP contribution in [0.4, 0.5) is 0 Å². The monoisotopic (exact) mass is 325 g/mol. The van der Waals surface area contributed by atoms with Crippen molar-refractivity contribution in [3.05, 3.63) is 53.1 Å². The lowest BCUT2D eigenvalue weighted by molar-refractivity contribution is 0.0785. The predicted octanol–water partition coefficient (Wildman–Crippen LogP) is 2.94. The molecule has 0 saturated carbocycles. The molecule has 0 radical (unpaired) electrons. The molecule has 0 atom stereocenters. The molecule has 126 valence electrons. The highest BCUT2D eigenvalue weighted by atomic mass is 16.2. The minimum atomic E-state index is -0.0549. The molecule has 0 unspecified atom stereocenters. The molecule has 6 heteroatoms. The van der Waals surface area contributed by atoms with Crippen molar-refractivity contribution in [2.45, 2.75) is 39.7 Å². The summed E-state index contributed by atoms with van der Waals surface area (Å²) in [5.74, 6) is -0.0549. The van der Waals surface area contributed by atoms with Crippen LogP contribution in [0, 0.1) is 6.92 Å². The number of carbonyl (C=O) groups is 1. The zero-order valence-corrected chi connectivity index (χ0v) is 14.8. The van der Waals surface area contributed by atoms with Gasteiger partial charge in [-0.1, -0.05) is 26.8 Å². The molecule has 0 saturated heterocycles. The number of aryl methyl sites for hydroxylation is 1. The van der Waals surface area contributed by atoms with Gasteiger partial charge in [-0.15, -0.1) is 0 Å². The first kappa shape index (κ1) is 16.2. The Morgan fingerprint density at radius 3 is 2.75 bits per heavy atom. The van der Waals surface area contributed by atoms with E-state index in [1.165, 1.54) is 0 Å². The molecule has 3 aromatic heterocycles. The number of nitrogens with zero attached hydrogens (tertiary/aromatic N) is 4. The molecule has 1 amide bonds. The summed E-state index contributed by atoms with van der Waals surface area (Å²) in [7, 11) is 1.79. The summed E-state index contributed by atoms with van der Waals surface area (Å²) >= 11 is 0. The van der Waals surface area contributed by atoms with Crippen LogP contribution in [-0.4, -0.2) is 37.7 Å². The molecule has 3 aromatic rings. The molecule has 0 aliphatic rings. The van der Waals surface area contributed by atoms with Crippen molar-refractivity contribution in [3.8, 4) is 0 Å². The number of fused-ring (bicyclic) bond motifs is 1. The zero-order valence-electron chi connectivity index (χ0n) is 14.8. The van der Waals surface area contributed by atoms with Gasteiger partial charge in [-0.2, -0.15) is 10.2 Å². The van der Waals surface area contributed by atoms with Gasteiger partial charge in [-0.3, -0.25) is 9.89 Å². The van der Waals surface area contributed by atoms with Crippen molar-refractivity contribution in [1.29, 1.82) is 0 Å². The van der Waals surface area contributed by atoms with Gasteiger partial charge < -0.3 is 4.90 Å². The van der Waals surface area contributed by atoms with E-state index in [9.17, 15) is 4.79 Å². The Labute approximate surface area is 141 Å². The fourth-order valence-corrected chi connectivity index (χ4v) is 2.61. The van der Waals surface area contributed by atoms with E-state index < -0.39 is 0 Å². The maximum Gasteiger partial charge on any atom is 0.257 e. The fraction of sp³-hybridized carbons (Fsp3) is 0.389. The molecule has 0 fully saturated rings. The Hall–Kier alpha value is -2.63. The topological polar surface area (TPSA) is 66.3 Å². The minimum Gasteiger partial charge on any atom is -0.336 e. The van der Waals surface area contributed by atoms with E-state index in [1.807, 2.05) is 31.3 Å². The number of amides is 1. The quantitative estimate of drug-likeness (QED) is 0.805. The second-order valence-electron chi connectivity index (χ2n) is 7.28. The third kappa shape index (κ3) is 3.04. The normalized spacial score (nSPS) is 11.9. The number of nitrogens with one attached hydrogen (secondary N) is 1. The van der Waals surface area contributed by atoms with Gasteiger partial charge in [0.05, 0.1) is 35.2 Å². The Kier molecular flexibility index (Phi) is 3.91. The number of aromatic amines is 1. The predicted molar refractivity (Wildman–Crippen MR) is 93.0 cm³/mol. The van der Waals surface area contributed by atoms with E-state index in [1.54, 1.807) is 22.7 Å². The van der Waals surface area contributed by atoms with Crippen LogP contribution in [0.25, 0.3) is 5.52 Å². The van der Waals surface area contributed by atoms with Crippen molar-refractivity contribution in [3.63, 3.8) is 0 Å². The summed E-state index contributed by atoms with van der Waals surface area (Å²) < 4.78 is 1.74. The maximum atomic E-state index is 12.8. The first-order valence-corrected chi connectivity index (χ1v) is 8.00. The van der Waals surface area contributed by atoms with Crippen LogP contribution in [0.2, 0.25) is 0 Å². The number of aromatic nitrogens is 4. The molecular formula is C18H23N5O. The summed E-state index contributed by atoms with van der Waals surface area (Å²) in [5.41, 5.74) is 4.42. The number of H-pyrrole nitrogens is 1. The van der Waals surface area contributed by atoms with Gasteiger partial charge in [0.25, 0.3) is 5.91 Å². The summed E-state index contributed by atoms with van der Waals surface area (Å²) in [6.45, 7) is 8.82. The van der Waals surface area contributed by atoms with Crippen LogP contribution in [0.1, 0.15) is 48.1 Å². The molecule has 1 N–H and O–H groups in total. The molecule has 3 rings (SSSR count). The lowest BCUT2D eigenvalue weighted by Crippen LogP contribution is -2.26. The van der Waals surface area contributed by atoms with Crippen LogP contribution in [0.5, 0.6) is 0 Å². The first-order chi connectivity index (χ1) is 11.3. The number of carbonyl (C=O) groups excluding carboxylic acids is 1. The van der Waals surface area contributed by atoms with E-state index in [0.717, 1.165) is 22.5 Å². The van der Waals surface area contributed by atoms with E-state index in [0.29, 0.717) is 12.1 Å². The van der Waals surface area contributed by atoms with E-state index in [-0.39, 0.29) is 11.3 Å². The Bertz CT molecular complexity index is 884. The minimum absolute atomic E-state index is 0.0162. The molecule has 6 nitrogen and oxygen atoms in total. The van der Waals surface area contributed by atoms with Crippen LogP contribution in [-0.2, 0) is 12.0 Å². The summed E-state index contributed by atoms with van der Waals surface area (Å²) in [6, 6.07) is 5.93. The van der Waals surface area contributed by atoms with E-state index in [2.05, 4.69) is 36.1 Å². The van der Waals surface area contributed by atoms with Crippen LogP contribution < -0.4 is 0 Å². The molecule has 3 heterocycles. The average molecular weight is 325 g/mol. The lowest BCUT2D eigenvalue weighted by Gasteiger charge is -2.16. The van der Waals surface area contributed by atoms with Gasteiger partial charge in [0.15, 0.2) is 0 Å². The van der Waals surface area contributed by atoms with Crippen molar-refractivity contribution < 1.29 is 4.79 Å². The SMILES string of the molecule is Cc1ccc2c(C(=O)N(C)Cc3cc(C(C)(C)C)n[nH]3)cnn2c1. The smallest absolute Gasteiger partial charge is 0.257 e. The Balaban J connectivity index is 1.80. The molecule has 0 aliphatic carbocycles. The number of pyridine rings is 1. The number of rotatable bonds is 3. The number of hydrogen-bond donors (Lipinski definition) is 1. The molecule has 0 bridgehead atoms. The standard InChI is InChI=1S/C18H23N5O/c1-12-6-7-15-14(9-19-23(15)10-12)17(24)22(5)11-13-8-16(21-20-13)18(2,3)4/h6-10H,11H2,1-5H3,(H,20,21). The van der Waals surface area contributed by atoms with Gasteiger partial charge in [-0.25, -0.2) is 4.52 Å². The van der Waals surface area contributed by atoms with Gasteiger partial charge in [0, 0.05) is 18.7 Å². The highest BCUT2D eigenvalue weighted by Crippen LogP contribution is 2.21. The van der Waals surface area contributed by atoms with Crippen molar-refractivity contribution in [1.82, 2.24) is 24.7 Å². The van der Waals surface area contributed by atoms with Crippen molar-refractivity contribution in [2.75, 3.05) is 7.05 Å². The second-order valence-corrected chi connectivity index (χ2v) is 7.28. The molecule has 0 aromatic carbocycles. The Morgan fingerprint density at radius 2 is 2.08 bits per heavy atom. The molecule has 0 spiro atoms. The molecule has 0 aliphatic heterocycles. The highest BCUT2D eigenvalue weighted by molar-refractivity contribution is 6.00. The van der Waals surface area contributed by atoms with Crippen molar-refractivity contribution in [2.24, 2.45) is 0 Å². The van der Waals surface area contributed by atoms with Crippen LogP contribution >= 0.6 is 0 Å². The first-order valence-electron chi connectivity index (χ1n) is 8.00. The second kappa shape index (κ2) is 5.78. The van der Waals surface area contributed by atoms with Gasteiger partial charge in [-0.05, 0) is 24.6 Å². The van der Waals surface area contributed by atoms with Gasteiger partial charge in [0.2, 0.25) is 0 Å². The van der Waals surface area contributed by atoms with Gasteiger partial charge >= 0.3 is 0 Å². The fourth-order valence-electron chi connectivity index (χ4n) is 2.61. The van der Waals surface area contributed by atoms with E-state index in [4.69, 9.17) is 0 Å². The lowest BCUT2D eigenvalue weighted by atomic mass is 9.92. The summed E-state index contributed by atoms with van der Waals surface area (Å²) in [4.78, 5) is 14.4. The maximum absolute atomic E-state index is 12.8. The van der Waals surface area contributed by atoms with Crippen LogP contribution in [0.3, 0.4) is 0 Å². The zero-order chi connectivity index (χ0) is 17.5. The van der Waals surface area contributed by atoms with Crippen molar-refractivity contribution >= 4 is 11.4 Å². The summed E-state index contributed by atoms with van der Waals surface area (Å²) in [5, 5.41) is 11.6. The van der Waals surface area contributed by atoms with E-state index >= 15 is 0 Å². The summed E-state index contributed by atoms with van der Waals surface area (Å²) in [6.07, 6.45) is 3.54. The highest BCUT2D eigenvalue weighted by Gasteiger charge is 2.20. The Morgan fingerprint density at radius 1 is 1.33 bits per heavy atom. The largest absolute Gasteiger partial charge is 0.336 e. The molecular weight excluding hydrogens is 302 g/mol. The third-order valence-corrected chi connectivity index (χ3v) is 4.05. The van der Waals surface area contributed by atoms with Gasteiger partial charge in [0.1, 0.15) is 0 Å².